The van der Waals surface area contributed by atoms with Gasteiger partial charge < -0.3 is 4.74 Å². The maximum Gasteiger partial charge on any atom is 0.0563 e. The van der Waals surface area contributed by atoms with Crippen LogP contribution in [-0.2, 0) is 4.74 Å². The van der Waals surface area contributed by atoms with E-state index in [9.17, 15) is 0 Å². The molecule has 0 aliphatic carbocycles. The van der Waals surface area contributed by atoms with E-state index in [1.807, 2.05) is 0 Å². The molecule has 0 saturated carbocycles. The lowest BCUT2D eigenvalue weighted by atomic mass is 10.4. The molecule has 0 heterocycles. The Morgan fingerprint density at radius 2 is 1.91 bits per heavy atom. The van der Waals surface area contributed by atoms with E-state index in [4.69, 9.17) is 4.74 Å². The molecule has 0 radical (unpaired) electrons. The molecule has 0 bridgehead atoms. The van der Waals surface area contributed by atoms with Crippen molar-refractivity contribution in [2.45, 2.75) is 32.0 Å². The van der Waals surface area contributed by atoms with Crippen molar-refractivity contribution in [1.29, 1.82) is 0 Å². The Kier molecular flexibility index (Phi) is 9.27. The Morgan fingerprint density at radius 3 is 2.45 bits per heavy atom. The minimum Gasteiger partial charge on any atom is -0.381 e. The summed E-state index contributed by atoms with van der Waals surface area (Å²) in [5.41, 5.74) is 0. The second-order valence-electron chi connectivity index (χ2n) is 3.19. The zero-order valence-corrected chi connectivity index (χ0v) is 10.3. The highest BCUT2D eigenvalue weighted by Gasteiger charge is 1.94. The van der Waals surface area contributed by atoms with Gasteiger partial charge in [0.15, 0.2) is 0 Å². The first-order chi connectivity index (χ1) is 5.27. The highest BCUT2D eigenvalue weighted by Crippen LogP contribution is 2.01. The molecule has 0 N–H and O–H groups in total. The van der Waals surface area contributed by atoms with Crippen molar-refractivity contribution in [3.8, 4) is 0 Å². The molecule has 3 heteroatoms. The van der Waals surface area contributed by atoms with Gasteiger partial charge in [-0.2, -0.15) is 0 Å². The van der Waals surface area contributed by atoms with Gasteiger partial charge in [-0.3, -0.25) is 0 Å². The second-order valence-corrected chi connectivity index (χ2v) is 7.35. The van der Waals surface area contributed by atoms with Crippen LogP contribution in [0, 0.1) is 0 Å². The van der Waals surface area contributed by atoms with Crippen LogP contribution in [0.2, 0.25) is 19.1 Å². The van der Waals surface area contributed by atoms with Gasteiger partial charge in [-0.25, -0.2) is 0 Å². The Labute approximate surface area is 80.3 Å². The molecule has 0 aliphatic rings. The summed E-state index contributed by atoms with van der Waals surface area (Å²) in [7, 11) is -0.294. The van der Waals surface area contributed by atoms with Gasteiger partial charge >= 0.3 is 0 Å². The fraction of sp³-hybridized carbons (Fsp3) is 1.00. The average molecular weight is 239 g/mol. The van der Waals surface area contributed by atoms with Gasteiger partial charge in [0.1, 0.15) is 0 Å². The van der Waals surface area contributed by atoms with E-state index in [1.54, 1.807) is 0 Å². The highest BCUT2D eigenvalue weighted by atomic mass is 79.9. The van der Waals surface area contributed by atoms with Crippen LogP contribution >= 0.6 is 15.9 Å². The smallest absolute Gasteiger partial charge is 0.0563 e. The summed E-state index contributed by atoms with van der Waals surface area (Å²) < 4.78 is 5.33. The number of halogens is 1. The van der Waals surface area contributed by atoms with Crippen molar-refractivity contribution in [3.05, 3.63) is 0 Å². The van der Waals surface area contributed by atoms with E-state index in [2.05, 4.69) is 29.0 Å². The zero-order valence-electron chi connectivity index (χ0n) is 7.61. The highest BCUT2D eigenvalue weighted by molar-refractivity contribution is 9.09. The Morgan fingerprint density at radius 1 is 1.18 bits per heavy atom. The van der Waals surface area contributed by atoms with E-state index in [0.717, 1.165) is 18.5 Å². The third kappa shape index (κ3) is 10.7. The molecule has 0 spiro atoms. The average Bonchev–Trinajstić information content (AvgIpc) is 1.96. The molecular formula is C8H19BrOSi. The molecular weight excluding hydrogens is 220 g/mol. The maximum absolute atomic E-state index is 5.33. The summed E-state index contributed by atoms with van der Waals surface area (Å²) in [5.74, 6) is 0. The first-order valence-electron chi connectivity index (χ1n) is 4.41. The molecule has 1 nitrogen and oxygen atoms in total. The molecule has 0 rings (SSSR count). The van der Waals surface area contributed by atoms with Crippen molar-refractivity contribution in [3.63, 3.8) is 0 Å². The van der Waals surface area contributed by atoms with Crippen molar-refractivity contribution >= 4 is 24.7 Å². The van der Waals surface area contributed by atoms with Gasteiger partial charge in [0.25, 0.3) is 0 Å². The molecule has 0 fully saturated rings. The predicted octanol–water partition coefficient (Wildman–Crippen LogP) is 2.66. The summed E-state index contributed by atoms with van der Waals surface area (Å²) in [4.78, 5) is 0. The number of unbranched alkanes of at least 4 members (excludes halogenated alkanes) is 1. The molecule has 0 saturated heterocycles. The van der Waals surface area contributed by atoms with Crippen molar-refractivity contribution in [1.82, 2.24) is 0 Å². The summed E-state index contributed by atoms with van der Waals surface area (Å²) in [6.07, 6.45) is 2.62. The predicted molar refractivity (Wildman–Crippen MR) is 57.5 cm³/mol. The van der Waals surface area contributed by atoms with Crippen LogP contribution in [0.1, 0.15) is 12.8 Å². The number of alkyl halides is 1. The number of hydrogen-bond acceptors (Lipinski definition) is 1. The SMILES string of the molecule is C[SiH](C)CCCCOCCBr. The molecule has 0 aromatic heterocycles. The number of hydrogen-bond donors (Lipinski definition) is 0. The van der Waals surface area contributed by atoms with Crippen LogP contribution < -0.4 is 0 Å². The molecule has 68 valence electrons. The van der Waals surface area contributed by atoms with E-state index in [-0.39, 0.29) is 8.80 Å². The fourth-order valence-corrected chi connectivity index (χ4v) is 2.25. The molecule has 11 heavy (non-hydrogen) atoms. The Hall–Kier alpha value is 0.657. The van der Waals surface area contributed by atoms with Crippen molar-refractivity contribution in [2.75, 3.05) is 18.5 Å². The van der Waals surface area contributed by atoms with Crippen LogP contribution in [-0.4, -0.2) is 27.3 Å². The minimum atomic E-state index is -0.294. The summed E-state index contributed by atoms with van der Waals surface area (Å²) >= 11 is 3.32. The third-order valence-electron chi connectivity index (χ3n) is 1.54. The molecule has 0 aromatic rings. The first kappa shape index (κ1) is 11.7. The number of ether oxygens (including phenoxy) is 1. The molecule has 0 amide bonds. The minimum absolute atomic E-state index is 0.294. The lowest BCUT2D eigenvalue weighted by Crippen LogP contribution is -2.01. The molecule has 0 atom stereocenters. The molecule has 0 aliphatic heterocycles. The fourth-order valence-electron chi connectivity index (χ4n) is 0.913. The zero-order chi connectivity index (χ0) is 8.53. The summed E-state index contributed by atoms with van der Waals surface area (Å²) in [5, 5.41) is 0.964. The molecule has 0 aromatic carbocycles. The van der Waals surface area contributed by atoms with Crippen LogP contribution in [0.25, 0.3) is 0 Å². The maximum atomic E-state index is 5.33. The van der Waals surface area contributed by atoms with E-state index >= 15 is 0 Å². The monoisotopic (exact) mass is 238 g/mol. The third-order valence-corrected chi connectivity index (χ3v) is 3.43. The van der Waals surface area contributed by atoms with E-state index in [0.29, 0.717) is 0 Å². The largest absolute Gasteiger partial charge is 0.381 e. The Bertz CT molecular complexity index is 78.5. The number of rotatable bonds is 7. The van der Waals surface area contributed by atoms with Crippen molar-refractivity contribution in [2.24, 2.45) is 0 Å². The summed E-state index contributed by atoms with van der Waals surface area (Å²) in [6, 6.07) is 1.47. The summed E-state index contributed by atoms with van der Waals surface area (Å²) in [6.45, 7) is 6.62. The van der Waals surface area contributed by atoms with Gasteiger partial charge in [0.05, 0.1) is 6.61 Å². The van der Waals surface area contributed by atoms with Gasteiger partial charge in [-0.15, -0.1) is 0 Å². The lowest BCUT2D eigenvalue weighted by Gasteiger charge is -2.03. The van der Waals surface area contributed by atoms with Crippen LogP contribution in [0.15, 0.2) is 0 Å². The van der Waals surface area contributed by atoms with Gasteiger partial charge in [0, 0.05) is 20.7 Å². The lowest BCUT2D eigenvalue weighted by molar-refractivity contribution is 0.147. The van der Waals surface area contributed by atoms with Gasteiger partial charge in [-0.05, 0) is 6.42 Å². The quantitative estimate of drug-likeness (QED) is 0.377. The van der Waals surface area contributed by atoms with Gasteiger partial charge in [0.2, 0.25) is 0 Å². The topological polar surface area (TPSA) is 9.23 Å². The standard InChI is InChI=1S/C8H19BrOSi/c1-11(2)8-4-3-6-10-7-5-9/h11H,3-8H2,1-2H3. The van der Waals surface area contributed by atoms with Gasteiger partial charge in [-0.1, -0.05) is 41.5 Å². The van der Waals surface area contributed by atoms with Crippen LogP contribution in [0.4, 0.5) is 0 Å². The van der Waals surface area contributed by atoms with Crippen LogP contribution in [0.5, 0.6) is 0 Å². The van der Waals surface area contributed by atoms with E-state index in [1.165, 1.54) is 18.9 Å². The van der Waals surface area contributed by atoms with Crippen LogP contribution in [0.3, 0.4) is 0 Å². The van der Waals surface area contributed by atoms with E-state index < -0.39 is 0 Å². The van der Waals surface area contributed by atoms with Crippen molar-refractivity contribution < 1.29 is 4.74 Å². The Balaban J connectivity index is 2.80. The molecule has 0 unspecified atom stereocenters. The second kappa shape index (κ2) is 8.75. The first-order valence-corrected chi connectivity index (χ1v) is 8.65. The normalized spacial score (nSPS) is 10.9.